The van der Waals surface area contributed by atoms with Crippen LogP contribution in [0.25, 0.3) is 11.0 Å². The van der Waals surface area contributed by atoms with Gasteiger partial charge in [0.15, 0.2) is 5.78 Å². The Bertz CT molecular complexity index is 1430. The van der Waals surface area contributed by atoms with E-state index in [0.717, 1.165) is 0 Å². The topological polar surface area (TPSA) is 90.3 Å². The molecule has 7 nitrogen and oxygen atoms in total. The lowest BCUT2D eigenvalue weighted by molar-refractivity contribution is -0.116. The summed E-state index contributed by atoms with van der Waals surface area (Å²) in [6.07, 6.45) is 1.39. The number of ether oxygens (including phenoxy) is 1. The van der Waals surface area contributed by atoms with Crippen molar-refractivity contribution in [3.8, 4) is 5.75 Å². The van der Waals surface area contributed by atoms with Crippen molar-refractivity contribution in [3.05, 3.63) is 98.9 Å². The van der Waals surface area contributed by atoms with Crippen LogP contribution in [0.3, 0.4) is 0 Å². The van der Waals surface area contributed by atoms with Gasteiger partial charge in [0, 0.05) is 22.5 Å². The van der Waals surface area contributed by atoms with Crippen LogP contribution in [0.5, 0.6) is 5.75 Å². The van der Waals surface area contributed by atoms with Gasteiger partial charge in [0.05, 0.1) is 23.7 Å². The highest BCUT2D eigenvalue weighted by atomic mass is 35.5. The maximum atomic E-state index is 13.1. The van der Waals surface area contributed by atoms with Gasteiger partial charge in [-0.2, -0.15) is 0 Å². The van der Waals surface area contributed by atoms with Crippen LogP contribution in [0.1, 0.15) is 21.6 Å². The monoisotopic (exact) mass is 461 g/mol. The zero-order chi connectivity index (χ0) is 23.5. The predicted octanol–water partition coefficient (Wildman–Crippen LogP) is 4.24. The van der Waals surface area contributed by atoms with E-state index in [4.69, 9.17) is 16.3 Å². The molecule has 33 heavy (non-hydrogen) atoms. The van der Waals surface area contributed by atoms with Crippen LogP contribution in [-0.4, -0.2) is 28.4 Å². The van der Waals surface area contributed by atoms with Gasteiger partial charge in [0.2, 0.25) is 11.3 Å². The lowest BCUT2D eigenvalue weighted by atomic mass is 10.0. The first kappa shape index (κ1) is 22.2. The van der Waals surface area contributed by atoms with Crippen LogP contribution < -0.4 is 15.5 Å². The number of amides is 1. The molecule has 1 N–H and O–H groups in total. The van der Waals surface area contributed by atoms with E-state index in [1.165, 1.54) is 17.9 Å². The first-order valence-electron chi connectivity index (χ1n) is 10.1. The van der Waals surface area contributed by atoms with E-state index in [1.807, 2.05) is 0 Å². The minimum absolute atomic E-state index is 0.0347. The van der Waals surface area contributed by atoms with E-state index in [-0.39, 0.29) is 17.5 Å². The van der Waals surface area contributed by atoms with Crippen LogP contribution in [0.2, 0.25) is 5.02 Å². The molecule has 0 spiro atoms. The molecule has 0 atom stereocenters. The van der Waals surface area contributed by atoms with E-state index in [2.05, 4.69) is 10.3 Å². The molecular weight excluding hydrogens is 442 g/mol. The Morgan fingerprint density at radius 3 is 2.58 bits per heavy atom. The van der Waals surface area contributed by atoms with Gasteiger partial charge in [-0.25, -0.2) is 4.98 Å². The van der Waals surface area contributed by atoms with E-state index >= 15 is 0 Å². The largest absolute Gasteiger partial charge is 0.495 e. The number of fused-ring (bicyclic) bond motifs is 1. The fourth-order valence-corrected chi connectivity index (χ4v) is 3.68. The third kappa shape index (κ3) is 4.63. The molecule has 0 aliphatic rings. The van der Waals surface area contributed by atoms with Crippen LogP contribution in [0, 0.1) is 6.92 Å². The van der Waals surface area contributed by atoms with Gasteiger partial charge < -0.3 is 14.6 Å². The number of pyridine rings is 2. The summed E-state index contributed by atoms with van der Waals surface area (Å²) < 4.78 is 6.78. The van der Waals surface area contributed by atoms with Crippen molar-refractivity contribution < 1.29 is 14.3 Å². The summed E-state index contributed by atoms with van der Waals surface area (Å²) in [5, 5.41) is 3.46. The van der Waals surface area contributed by atoms with Crippen molar-refractivity contribution in [2.45, 2.75) is 13.5 Å². The number of nitrogens with zero attached hydrogens (tertiary/aromatic N) is 2. The minimum atomic E-state index is -0.431. The molecule has 1 amide bonds. The number of anilines is 1. The highest BCUT2D eigenvalue weighted by molar-refractivity contribution is 6.31. The first-order valence-corrected chi connectivity index (χ1v) is 10.5. The maximum Gasteiger partial charge on any atom is 0.244 e. The molecule has 0 fully saturated rings. The third-order valence-corrected chi connectivity index (χ3v) is 5.33. The minimum Gasteiger partial charge on any atom is -0.495 e. The number of methoxy groups -OCH3 is 1. The highest BCUT2D eigenvalue weighted by Crippen LogP contribution is 2.27. The van der Waals surface area contributed by atoms with Gasteiger partial charge in [-0.15, -0.1) is 0 Å². The number of rotatable bonds is 6. The zero-order valence-electron chi connectivity index (χ0n) is 18.0. The second-order valence-electron chi connectivity index (χ2n) is 7.41. The Kier molecular flexibility index (Phi) is 6.24. The fourth-order valence-electron chi connectivity index (χ4n) is 3.51. The number of carbonyl (C=O) groups is 2. The molecule has 0 radical (unpaired) electrons. The van der Waals surface area contributed by atoms with E-state index in [0.29, 0.717) is 33.4 Å². The standard InChI is InChI=1S/C25H20ClN3O4/c1-15-8-10-18-24(32)19(23(31)16-6-4-3-5-7-16)13-29(25(18)27-15)14-22(30)28-20-12-17(26)9-11-21(20)33-2/h3-13H,14H2,1-2H3,(H,28,30). The van der Waals surface area contributed by atoms with Crippen LogP contribution in [0.4, 0.5) is 5.69 Å². The average Bonchev–Trinajstić information content (AvgIpc) is 2.81. The molecule has 0 unspecified atom stereocenters. The molecule has 0 saturated heterocycles. The Balaban J connectivity index is 1.76. The average molecular weight is 462 g/mol. The van der Waals surface area contributed by atoms with Crippen LogP contribution in [-0.2, 0) is 11.3 Å². The number of carbonyl (C=O) groups excluding carboxylic acids is 2. The molecule has 2 aromatic heterocycles. The number of hydrogen-bond donors (Lipinski definition) is 1. The molecule has 0 aliphatic heterocycles. The Labute approximate surface area is 194 Å². The molecule has 2 heterocycles. The zero-order valence-corrected chi connectivity index (χ0v) is 18.7. The number of ketones is 1. The lowest BCUT2D eigenvalue weighted by Gasteiger charge is -2.14. The SMILES string of the molecule is COc1ccc(Cl)cc1NC(=O)Cn1cc(C(=O)c2ccccc2)c(=O)c2ccc(C)nc21. The molecule has 0 bridgehead atoms. The van der Waals surface area contributed by atoms with Gasteiger partial charge >= 0.3 is 0 Å². The predicted molar refractivity (Wildman–Crippen MR) is 127 cm³/mol. The molecule has 0 aliphatic carbocycles. The summed E-state index contributed by atoms with van der Waals surface area (Å²) >= 11 is 6.05. The van der Waals surface area contributed by atoms with Gasteiger partial charge in [-0.05, 0) is 37.3 Å². The fraction of sp³-hybridized carbons (Fsp3) is 0.120. The van der Waals surface area contributed by atoms with Crippen molar-refractivity contribution in [1.82, 2.24) is 9.55 Å². The molecule has 2 aromatic carbocycles. The number of benzene rings is 2. The normalized spacial score (nSPS) is 10.8. The quantitative estimate of drug-likeness (QED) is 0.434. The van der Waals surface area contributed by atoms with Gasteiger partial charge in [-0.1, -0.05) is 41.9 Å². The van der Waals surface area contributed by atoms with E-state index in [9.17, 15) is 14.4 Å². The summed E-state index contributed by atoms with van der Waals surface area (Å²) in [6, 6.07) is 16.7. The smallest absolute Gasteiger partial charge is 0.244 e. The van der Waals surface area contributed by atoms with Gasteiger partial charge in [0.1, 0.15) is 17.9 Å². The highest BCUT2D eigenvalue weighted by Gasteiger charge is 2.19. The maximum absolute atomic E-state index is 13.1. The summed E-state index contributed by atoms with van der Waals surface area (Å²) in [4.78, 5) is 43.5. The second-order valence-corrected chi connectivity index (χ2v) is 7.85. The van der Waals surface area contributed by atoms with Crippen LogP contribution in [0.15, 0.2) is 71.7 Å². The van der Waals surface area contributed by atoms with E-state index in [1.54, 1.807) is 67.6 Å². The van der Waals surface area contributed by atoms with Crippen molar-refractivity contribution in [3.63, 3.8) is 0 Å². The van der Waals surface area contributed by atoms with Crippen molar-refractivity contribution in [1.29, 1.82) is 0 Å². The molecule has 8 heteroatoms. The number of hydrogen-bond acceptors (Lipinski definition) is 5. The molecule has 0 saturated carbocycles. The van der Waals surface area contributed by atoms with Gasteiger partial charge in [-0.3, -0.25) is 14.4 Å². The number of halogens is 1. The van der Waals surface area contributed by atoms with Crippen molar-refractivity contribution in [2.75, 3.05) is 12.4 Å². The summed E-state index contributed by atoms with van der Waals surface area (Å²) in [6.45, 7) is 1.60. The Morgan fingerprint density at radius 2 is 1.85 bits per heavy atom. The summed E-state index contributed by atoms with van der Waals surface area (Å²) in [5.41, 5.74) is 1.32. The van der Waals surface area contributed by atoms with E-state index < -0.39 is 17.1 Å². The number of aromatic nitrogens is 2. The third-order valence-electron chi connectivity index (χ3n) is 5.09. The molecular formula is C25H20ClN3O4. The van der Waals surface area contributed by atoms with Gasteiger partial charge in [0.25, 0.3) is 0 Å². The molecule has 4 rings (SSSR count). The molecule has 166 valence electrons. The second kappa shape index (κ2) is 9.26. The van der Waals surface area contributed by atoms with Crippen molar-refractivity contribution >= 4 is 40.0 Å². The molecule has 4 aromatic rings. The van der Waals surface area contributed by atoms with Crippen LogP contribution >= 0.6 is 11.6 Å². The summed E-state index contributed by atoms with van der Waals surface area (Å²) in [7, 11) is 1.49. The van der Waals surface area contributed by atoms with Crippen molar-refractivity contribution in [2.24, 2.45) is 0 Å². The number of nitrogens with one attached hydrogen (secondary N) is 1. The first-order chi connectivity index (χ1) is 15.9. The number of aryl methyl sites for hydroxylation is 1. The Morgan fingerprint density at radius 1 is 1.09 bits per heavy atom. The Hall–Kier alpha value is -3.97. The summed E-state index contributed by atoms with van der Waals surface area (Å²) in [5.74, 6) is -0.373. The lowest BCUT2D eigenvalue weighted by Crippen LogP contribution is -2.25.